The number of ether oxygens (including phenoxy) is 1. The molecule has 0 atom stereocenters. The summed E-state index contributed by atoms with van der Waals surface area (Å²) in [6, 6.07) is 8.43. The molecule has 0 aliphatic carbocycles. The minimum absolute atomic E-state index is 0.101. The van der Waals surface area contributed by atoms with Crippen molar-refractivity contribution in [3.8, 4) is 5.75 Å². The minimum atomic E-state index is -4.11. The summed E-state index contributed by atoms with van der Waals surface area (Å²) in [5, 5.41) is 11.1. The first-order valence-electron chi connectivity index (χ1n) is 10.7. The fourth-order valence-electron chi connectivity index (χ4n) is 3.52. The smallest absolute Gasteiger partial charge is 0.270 e. The molecule has 1 N–H and O–H groups in total. The van der Waals surface area contributed by atoms with E-state index in [1.807, 2.05) is 13.8 Å². The second kappa shape index (κ2) is 9.01. The number of carbonyl (C=O) groups is 1. The van der Waals surface area contributed by atoms with Gasteiger partial charge in [-0.05, 0) is 56.9 Å². The highest BCUT2D eigenvalue weighted by Gasteiger charge is 2.38. The molecule has 0 bridgehead atoms. The van der Waals surface area contributed by atoms with E-state index in [0.29, 0.717) is 29.5 Å². The topological polar surface area (TPSA) is 119 Å². The molecule has 0 unspecified atom stereocenters. The van der Waals surface area contributed by atoms with Crippen LogP contribution < -0.4 is 14.4 Å². The van der Waals surface area contributed by atoms with Gasteiger partial charge in [0.15, 0.2) is 0 Å². The number of benzene rings is 2. The number of hydrogen-bond acceptors (Lipinski definition) is 6. The van der Waals surface area contributed by atoms with Gasteiger partial charge >= 0.3 is 0 Å². The maximum absolute atomic E-state index is 13.2. The fourth-order valence-corrected chi connectivity index (χ4v) is 4.83. The predicted molar refractivity (Wildman–Crippen MR) is 126 cm³/mol. The molecule has 2 aromatic carbocycles. The second-order valence-corrected chi connectivity index (χ2v) is 11.0. The highest BCUT2D eigenvalue weighted by atomic mass is 32.2. The Bertz CT molecular complexity index is 1190. The van der Waals surface area contributed by atoms with Crippen LogP contribution in [-0.2, 0) is 14.8 Å². The average molecular weight is 476 g/mol. The lowest BCUT2D eigenvalue weighted by Gasteiger charge is -2.28. The molecule has 10 heteroatoms. The fraction of sp³-hybridized carbons (Fsp3) is 0.435. The number of hydrogen-bond donors (Lipinski definition) is 1. The van der Waals surface area contributed by atoms with Gasteiger partial charge in [-0.25, -0.2) is 8.42 Å². The Hall–Kier alpha value is -3.14. The standard InChI is InChI=1S/C23H29N3O6S/c1-15(2)10-11-25-19-12-17(7-9-20(19)32-14-23(4,5)22(25)27)24-33(30,31)21-13-18(26(28)29)8-6-16(21)3/h6-9,12-13,15,24H,10-11,14H2,1-5H3. The van der Waals surface area contributed by atoms with Crippen LogP contribution in [0.3, 0.4) is 0 Å². The highest BCUT2D eigenvalue weighted by molar-refractivity contribution is 7.92. The molecule has 33 heavy (non-hydrogen) atoms. The molecule has 1 aliphatic heterocycles. The van der Waals surface area contributed by atoms with Crippen molar-refractivity contribution in [3.05, 3.63) is 52.1 Å². The van der Waals surface area contributed by atoms with Gasteiger partial charge in [-0.15, -0.1) is 0 Å². The summed E-state index contributed by atoms with van der Waals surface area (Å²) in [7, 11) is -4.11. The quantitative estimate of drug-likeness (QED) is 0.465. The van der Waals surface area contributed by atoms with E-state index in [4.69, 9.17) is 4.74 Å². The lowest BCUT2D eigenvalue weighted by atomic mass is 9.92. The van der Waals surface area contributed by atoms with Gasteiger partial charge in [-0.3, -0.25) is 19.6 Å². The number of non-ortho nitro benzene ring substituents is 1. The summed E-state index contributed by atoms with van der Waals surface area (Å²) in [5.74, 6) is 0.760. The van der Waals surface area contributed by atoms with Gasteiger partial charge in [-0.2, -0.15) is 0 Å². The number of nitrogens with one attached hydrogen (secondary N) is 1. The summed E-state index contributed by atoms with van der Waals surface area (Å²) in [6.07, 6.45) is 0.768. The van der Waals surface area contributed by atoms with Crippen molar-refractivity contribution in [2.75, 3.05) is 22.8 Å². The molecule has 1 heterocycles. The molecular formula is C23H29N3O6S. The van der Waals surface area contributed by atoms with Crippen molar-refractivity contribution in [1.82, 2.24) is 0 Å². The van der Waals surface area contributed by atoms with Gasteiger partial charge in [0, 0.05) is 18.7 Å². The van der Waals surface area contributed by atoms with Crippen LogP contribution >= 0.6 is 0 Å². The number of fused-ring (bicyclic) bond motifs is 1. The van der Waals surface area contributed by atoms with Gasteiger partial charge < -0.3 is 9.64 Å². The van der Waals surface area contributed by atoms with Gasteiger partial charge in [0.2, 0.25) is 5.91 Å². The van der Waals surface area contributed by atoms with Crippen molar-refractivity contribution in [2.24, 2.45) is 11.3 Å². The van der Waals surface area contributed by atoms with E-state index in [0.717, 1.165) is 12.5 Å². The van der Waals surface area contributed by atoms with Crippen LogP contribution in [0.25, 0.3) is 0 Å². The van der Waals surface area contributed by atoms with Crippen LogP contribution in [0.2, 0.25) is 0 Å². The van der Waals surface area contributed by atoms with E-state index in [-0.39, 0.29) is 28.8 Å². The summed E-state index contributed by atoms with van der Waals surface area (Å²) < 4.78 is 34.5. The van der Waals surface area contributed by atoms with Crippen LogP contribution in [0.4, 0.5) is 17.1 Å². The predicted octanol–water partition coefficient (Wildman–Crippen LogP) is 4.50. The molecule has 3 rings (SSSR count). The van der Waals surface area contributed by atoms with E-state index in [1.54, 1.807) is 30.0 Å². The average Bonchev–Trinajstić information content (AvgIpc) is 2.81. The van der Waals surface area contributed by atoms with Crippen LogP contribution in [0, 0.1) is 28.4 Å². The molecule has 0 saturated heterocycles. The van der Waals surface area contributed by atoms with Gasteiger partial charge in [0.1, 0.15) is 12.4 Å². The van der Waals surface area contributed by atoms with Crippen molar-refractivity contribution in [2.45, 2.75) is 45.9 Å². The molecule has 0 spiro atoms. The number of aryl methyl sites for hydroxylation is 1. The van der Waals surface area contributed by atoms with Crippen LogP contribution in [0.5, 0.6) is 5.75 Å². The van der Waals surface area contributed by atoms with Crippen LogP contribution in [0.1, 0.15) is 39.7 Å². The Kier molecular flexibility index (Phi) is 6.69. The number of nitro benzene ring substituents is 1. The summed E-state index contributed by atoms with van der Waals surface area (Å²) in [5.41, 5.74) is 0.0358. The summed E-state index contributed by atoms with van der Waals surface area (Å²) in [6.45, 7) is 10.0. The van der Waals surface area contributed by atoms with Crippen molar-refractivity contribution in [3.63, 3.8) is 0 Å². The third-order valence-corrected chi connectivity index (χ3v) is 7.04. The number of sulfonamides is 1. The van der Waals surface area contributed by atoms with E-state index >= 15 is 0 Å². The van der Waals surface area contributed by atoms with E-state index in [1.165, 1.54) is 12.1 Å². The lowest BCUT2D eigenvalue weighted by Crippen LogP contribution is -2.42. The molecule has 0 fully saturated rings. The first-order valence-corrected chi connectivity index (χ1v) is 12.2. The van der Waals surface area contributed by atoms with Crippen LogP contribution in [-0.4, -0.2) is 32.4 Å². The van der Waals surface area contributed by atoms with E-state index in [2.05, 4.69) is 18.6 Å². The maximum Gasteiger partial charge on any atom is 0.270 e. The maximum atomic E-state index is 13.2. The normalized spacial score (nSPS) is 15.6. The zero-order chi connectivity index (χ0) is 24.6. The number of anilines is 2. The second-order valence-electron chi connectivity index (χ2n) is 9.31. The summed E-state index contributed by atoms with van der Waals surface area (Å²) in [4.78, 5) is 25.2. The molecular weight excluding hydrogens is 446 g/mol. The molecule has 0 aromatic heterocycles. The van der Waals surface area contributed by atoms with Gasteiger partial charge in [0.05, 0.1) is 26.6 Å². The largest absolute Gasteiger partial charge is 0.490 e. The molecule has 1 aliphatic rings. The van der Waals surface area contributed by atoms with Gasteiger partial charge in [0.25, 0.3) is 15.7 Å². The van der Waals surface area contributed by atoms with Gasteiger partial charge in [-0.1, -0.05) is 19.9 Å². The van der Waals surface area contributed by atoms with E-state index < -0.39 is 20.4 Å². The van der Waals surface area contributed by atoms with E-state index in [9.17, 15) is 23.3 Å². The van der Waals surface area contributed by atoms with Crippen LogP contribution in [0.15, 0.2) is 41.3 Å². The number of nitro groups is 1. The zero-order valence-corrected chi connectivity index (χ0v) is 20.2. The zero-order valence-electron chi connectivity index (χ0n) is 19.4. The number of rotatable bonds is 7. The first kappa shape index (κ1) is 24.5. The number of amides is 1. The Morgan fingerprint density at radius 2 is 1.91 bits per heavy atom. The third-order valence-electron chi connectivity index (χ3n) is 5.52. The van der Waals surface area contributed by atoms with Crippen molar-refractivity contribution >= 4 is 33.0 Å². The Morgan fingerprint density at radius 1 is 1.21 bits per heavy atom. The Balaban J connectivity index is 2.01. The molecule has 2 aromatic rings. The number of carbonyl (C=O) groups excluding carboxylic acids is 1. The first-order chi connectivity index (χ1) is 15.3. The summed E-state index contributed by atoms with van der Waals surface area (Å²) >= 11 is 0. The number of nitrogens with zero attached hydrogens (tertiary/aromatic N) is 2. The Morgan fingerprint density at radius 3 is 2.55 bits per heavy atom. The molecule has 1 amide bonds. The SMILES string of the molecule is Cc1ccc([N+](=O)[O-])cc1S(=O)(=O)Nc1ccc2c(c1)N(CCC(C)C)C(=O)C(C)(C)CO2. The molecule has 9 nitrogen and oxygen atoms in total. The monoisotopic (exact) mass is 475 g/mol. The molecule has 178 valence electrons. The molecule has 0 saturated carbocycles. The Labute approximate surface area is 193 Å². The minimum Gasteiger partial charge on any atom is -0.490 e. The third kappa shape index (κ3) is 5.27. The molecule has 0 radical (unpaired) electrons. The lowest BCUT2D eigenvalue weighted by molar-refractivity contribution is -0.385. The van der Waals surface area contributed by atoms with Crippen molar-refractivity contribution in [1.29, 1.82) is 0 Å². The van der Waals surface area contributed by atoms with Crippen molar-refractivity contribution < 1.29 is 22.9 Å². The highest BCUT2D eigenvalue weighted by Crippen LogP contribution is 2.39.